The molecule has 2 aromatic carbocycles. The van der Waals surface area contributed by atoms with Crippen molar-refractivity contribution < 1.29 is 22.7 Å². The number of anilines is 1. The molecule has 1 amide bonds. The van der Waals surface area contributed by atoms with Crippen LogP contribution in [-0.2, 0) is 0 Å². The molecule has 0 radical (unpaired) electrons. The molecule has 0 aliphatic rings. The van der Waals surface area contributed by atoms with Gasteiger partial charge in [0.25, 0.3) is 5.91 Å². The number of benzene rings is 2. The smallest absolute Gasteiger partial charge is 0.387 e. The van der Waals surface area contributed by atoms with Crippen LogP contribution in [0.25, 0.3) is 10.1 Å². The first kappa shape index (κ1) is 15.4. The summed E-state index contributed by atoms with van der Waals surface area (Å²) in [7, 11) is 0. The van der Waals surface area contributed by atoms with Gasteiger partial charge in [0.2, 0.25) is 0 Å². The zero-order valence-corrected chi connectivity index (χ0v) is 12.4. The van der Waals surface area contributed by atoms with Gasteiger partial charge in [-0.2, -0.15) is 8.78 Å². The van der Waals surface area contributed by atoms with Crippen molar-refractivity contribution in [1.29, 1.82) is 0 Å². The SMILES string of the molecule is O=C(Nc1ccc(OC(F)F)c(F)c1)c1csc2ccccc12. The highest BCUT2D eigenvalue weighted by Crippen LogP contribution is 2.27. The standard InChI is InChI=1S/C16H10F3NO2S/c17-12-7-9(5-6-13(12)22-16(18)19)20-15(21)11-8-23-14-4-2-1-3-10(11)14/h1-8,16H,(H,20,21). The summed E-state index contributed by atoms with van der Waals surface area (Å²) in [5.74, 6) is -1.94. The van der Waals surface area contributed by atoms with E-state index >= 15 is 0 Å². The van der Waals surface area contributed by atoms with E-state index in [1.807, 2.05) is 24.3 Å². The second kappa shape index (κ2) is 6.29. The third kappa shape index (κ3) is 3.29. The van der Waals surface area contributed by atoms with Gasteiger partial charge in [-0.3, -0.25) is 4.79 Å². The quantitative estimate of drug-likeness (QED) is 0.736. The Balaban J connectivity index is 1.81. The van der Waals surface area contributed by atoms with Gasteiger partial charge in [-0.25, -0.2) is 4.39 Å². The number of carbonyl (C=O) groups is 1. The van der Waals surface area contributed by atoms with Crippen LogP contribution in [-0.4, -0.2) is 12.5 Å². The van der Waals surface area contributed by atoms with Crippen LogP contribution in [0.5, 0.6) is 5.75 Å². The molecule has 0 aliphatic carbocycles. The zero-order chi connectivity index (χ0) is 16.4. The Kier molecular flexibility index (Phi) is 4.20. The Bertz CT molecular complexity index is 863. The average molecular weight is 337 g/mol. The number of carbonyl (C=O) groups excluding carboxylic acids is 1. The molecule has 23 heavy (non-hydrogen) atoms. The van der Waals surface area contributed by atoms with Crippen molar-refractivity contribution in [3.05, 3.63) is 59.2 Å². The van der Waals surface area contributed by atoms with E-state index < -0.39 is 24.1 Å². The molecule has 3 aromatic rings. The Morgan fingerprint density at radius 1 is 1.17 bits per heavy atom. The summed E-state index contributed by atoms with van der Waals surface area (Å²) in [6, 6.07) is 10.7. The minimum atomic E-state index is -3.11. The third-order valence-electron chi connectivity index (χ3n) is 3.13. The summed E-state index contributed by atoms with van der Waals surface area (Å²) >= 11 is 1.43. The highest BCUT2D eigenvalue weighted by atomic mass is 32.1. The summed E-state index contributed by atoms with van der Waals surface area (Å²) in [6.07, 6.45) is 0. The van der Waals surface area contributed by atoms with Gasteiger partial charge in [-0.05, 0) is 18.2 Å². The van der Waals surface area contributed by atoms with Gasteiger partial charge in [-0.15, -0.1) is 11.3 Å². The highest BCUT2D eigenvalue weighted by Gasteiger charge is 2.14. The molecule has 0 aliphatic heterocycles. The van der Waals surface area contributed by atoms with Crippen LogP contribution >= 0.6 is 11.3 Å². The predicted octanol–water partition coefficient (Wildman–Crippen LogP) is 4.89. The molecule has 1 N–H and O–H groups in total. The van der Waals surface area contributed by atoms with E-state index in [1.165, 1.54) is 17.4 Å². The molecule has 118 valence electrons. The molecule has 1 heterocycles. The van der Waals surface area contributed by atoms with Gasteiger partial charge in [0.1, 0.15) is 0 Å². The first-order chi connectivity index (χ1) is 11.0. The lowest BCUT2D eigenvalue weighted by Crippen LogP contribution is -2.11. The first-order valence-corrected chi connectivity index (χ1v) is 7.44. The number of halogens is 3. The number of nitrogens with one attached hydrogen (secondary N) is 1. The topological polar surface area (TPSA) is 38.3 Å². The van der Waals surface area contributed by atoms with Crippen molar-refractivity contribution in [1.82, 2.24) is 0 Å². The maximum Gasteiger partial charge on any atom is 0.387 e. The summed E-state index contributed by atoms with van der Waals surface area (Å²) in [5, 5.41) is 5.05. The van der Waals surface area contributed by atoms with Crippen molar-refractivity contribution in [2.24, 2.45) is 0 Å². The lowest BCUT2D eigenvalue weighted by molar-refractivity contribution is -0.0521. The van der Waals surface area contributed by atoms with Crippen molar-refractivity contribution in [3.8, 4) is 5.75 Å². The van der Waals surface area contributed by atoms with E-state index in [0.717, 1.165) is 22.2 Å². The number of rotatable bonds is 4. The number of ether oxygens (including phenoxy) is 1. The predicted molar refractivity (Wildman–Crippen MR) is 82.8 cm³/mol. The normalized spacial score (nSPS) is 11.0. The van der Waals surface area contributed by atoms with E-state index in [9.17, 15) is 18.0 Å². The summed E-state index contributed by atoms with van der Waals surface area (Å²) in [6.45, 7) is -3.11. The number of thiophene rings is 1. The van der Waals surface area contributed by atoms with Crippen molar-refractivity contribution in [2.75, 3.05) is 5.32 Å². The molecule has 3 rings (SSSR count). The number of amides is 1. The number of fused-ring (bicyclic) bond motifs is 1. The van der Waals surface area contributed by atoms with Crippen LogP contribution in [0.3, 0.4) is 0 Å². The molecule has 0 fully saturated rings. The van der Waals surface area contributed by atoms with Crippen molar-refractivity contribution in [2.45, 2.75) is 6.61 Å². The average Bonchev–Trinajstić information content (AvgIpc) is 2.94. The number of hydrogen-bond acceptors (Lipinski definition) is 3. The molecule has 7 heteroatoms. The van der Waals surface area contributed by atoms with Crippen LogP contribution in [0.4, 0.5) is 18.9 Å². The van der Waals surface area contributed by atoms with Crippen LogP contribution in [0.15, 0.2) is 47.8 Å². The lowest BCUT2D eigenvalue weighted by Gasteiger charge is -2.08. The lowest BCUT2D eigenvalue weighted by atomic mass is 10.1. The van der Waals surface area contributed by atoms with Crippen molar-refractivity contribution in [3.63, 3.8) is 0 Å². The van der Waals surface area contributed by atoms with E-state index in [-0.39, 0.29) is 5.69 Å². The Morgan fingerprint density at radius 3 is 2.70 bits per heavy atom. The van der Waals surface area contributed by atoms with E-state index in [0.29, 0.717) is 5.56 Å². The fraction of sp³-hybridized carbons (Fsp3) is 0.0625. The second-order valence-corrected chi connectivity index (χ2v) is 5.53. The molecule has 3 nitrogen and oxygen atoms in total. The van der Waals surface area contributed by atoms with Gasteiger partial charge < -0.3 is 10.1 Å². The Hall–Kier alpha value is -2.54. The summed E-state index contributed by atoms with van der Waals surface area (Å²) in [4.78, 5) is 12.3. The largest absolute Gasteiger partial charge is 0.432 e. The van der Waals surface area contributed by atoms with Crippen LogP contribution < -0.4 is 10.1 Å². The fourth-order valence-electron chi connectivity index (χ4n) is 2.12. The second-order valence-electron chi connectivity index (χ2n) is 4.62. The molecule has 0 bridgehead atoms. The van der Waals surface area contributed by atoms with E-state index in [4.69, 9.17) is 0 Å². The molecule has 0 saturated carbocycles. The highest BCUT2D eigenvalue weighted by molar-refractivity contribution is 7.17. The number of alkyl halides is 2. The minimum absolute atomic E-state index is 0.157. The third-order valence-corrected chi connectivity index (χ3v) is 4.09. The van der Waals surface area contributed by atoms with E-state index in [1.54, 1.807) is 5.38 Å². The molecule has 0 atom stereocenters. The molecule has 0 spiro atoms. The van der Waals surface area contributed by atoms with Gasteiger partial charge in [0.15, 0.2) is 11.6 Å². The molecule has 1 aromatic heterocycles. The monoisotopic (exact) mass is 337 g/mol. The van der Waals surface area contributed by atoms with Gasteiger partial charge in [0.05, 0.1) is 5.56 Å². The zero-order valence-electron chi connectivity index (χ0n) is 11.6. The minimum Gasteiger partial charge on any atom is -0.432 e. The summed E-state index contributed by atoms with van der Waals surface area (Å²) in [5.41, 5.74) is 0.628. The van der Waals surface area contributed by atoms with Gasteiger partial charge in [-0.1, -0.05) is 18.2 Å². The maximum atomic E-state index is 13.6. The van der Waals surface area contributed by atoms with E-state index in [2.05, 4.69) is 10.1 Å². The first-order valence-electron chi connectivity index (χ1n) is 6.56. The Morgan fingerprint density at radius 2 is 1.96 bits per heavy atom. The fourth-order valence-corrected chi connectivity index (χ4v) is 3.06. The van der Waals surface area contributed by atoms with Gasteiger partial charge in [0, 0.05) is 27.2 Å². The summed E-state index contributed by atoms with van der Waals surface area (Å²) < 4.78 is 42.8. The van der Waals surface area contributed by atoms with Crippen LogP contribution in [0.2, 0.25) is 0 Å². The van der Waals surface area contributed by atoms with Crippen molar-refractivity contribution >= 4 is 33.0 Å². The molecular weight excluding hydrogens is 327 g/mol. The van der Waals surface area contributed by atoms with Crippen LogP contribution in [0.1, 0.15) is 10.4 Å². The Labute approximate surface area is 133 Å². The maximum absolute atomic E-state index is 13.6. The van der Waals surface area contributed by atoms with Crippen LogP contribution in [0, 0.1) is 5.82 Å². The molecular formula is C16H10F3NO2S. The molecule has 0 unspecified atom stereocenters. The molecule has 0 saturated heterocycles. The van der Waals surface area contributed by atoms with Gasteiger partial charge >= 0.3 is 6.61 Å². The number of hydrogen-bond donors (Lipinski definition) is 1.